The Hall–Kier alpha value is -0.750. The molecule has 0 amide bonds. The predicted molar refractivity (Wildman–Crippen MR) is 91.0 cm³/mol. The smallest absolute Gasteiger partial charge is 0.180 e. The van der Waals surface area contributed by atoms with Gasteiger partial charge in [-0.2, -0.15) is 0 Å². The molecule has 0 radical (unpaired) electrons. The van der Waals surface area contributed by atoms with Crippen LogP contribution in [0.25, 0.3) is 11.5 Å². The first-order chi connectivity index (χ1) is 9.38. The second-order valence-corrected chi connectivity index (χ2v) is 6.81. The minimum absolute atomic E-state index is 0.507. The topological polar surface area (TPSA) is 38.7 Å². The maximum absolute atomic E-state index is 6.25. The number of aromatic nitrogens is 3. The van der Waals surface area contributed by atoms with E-state index in [0.29, 0.717) is 16.9 Å². The fourth-order valence-corrected chi connectivity index (χ4v) is 2.69. The molecule has 2 rings (SSSR count). The van der Waals surface area contributed by atoms with Crippen LogP contribution in [0.1, 0.15) is 30.7 Å². The van der Waals surface area contributed by atoms with Crippen LogP contribution in [0, 0.1) is 23.3 Å². The molecule has 3 nitrogen and oxygen atoms in total. The largest absolute Gasteiger partial charge is 0.252 e. The SMILES string of the molecule is Cc1cnc(-c2nc(Cl)c(I)c(CC(C)C)n2)c(C)c1. The van der Waals surface area contributed by atoms with Crippen molar-refractivity contribution in [2.45, 2.75) is 34.1 Å². The Balaban J connectivity index is 2.54. The molecule has 0 aliphatic rings. The van der Waals surface area contributed by atoms with Gasteiger partial charge in [-0.15, -0.1) is 0 Å². The van der Waals surface area contributed by atoms with E-state index >= 15 is 0 Å². The molecule has 0 N–H and O–H groups in total. The van der Waals surface area contributed by atoms with Gasteiger partial charge >= 0.3 is 0 Å². The second-order valence-electron chi connectivity index (χ2n) is 5.37. The minimum Gasteiger partial charge on any atom is -0.252 e. The van der Waals surface area contributed by atoms with Crippen molar-refractivity contribution in [3.63, 3.8) is 0 Å². The summed E-state index contributed by atoms with van der Waals surface area (Å²) < 4.78 is 0.937. The summed E-state index contributed by atoms with van der Waals surface area (Å²) in [7, 11) is 0. The summed E-state index contributed by atoms with van der Waals surface area (Å²) in [5.41, 5.74) is 4.00. The van der Waals surface area contributed by atoms with E-state index in [1.165, 1.54) is 0 Å². The molecule has 5 heteroatoms. The van der Waals surface area contributed by atoms with Crippen LogP contribution in [0.5, 0.6) is 0 Å². The molecule has 0 atom stereocenters. The van der Waals surface area contributed by atoms with Gasteiger partial charge in [0.2, 0.25) is 0 Å². The van der Waals surface area contributed by atoms with E-state index in [-0.39, 0.29) is 0 Å². The zero-order valence-corrected chi connectivity index (χ0v) is 15.0. The lowest BCUT2D eigenvalue weighted by Gasteiger charge is -2.11. The molecular weight excluding hydrogens is 385 g/mol. The quantitative estimate of drug-likeness (QED) is 0.557. The van der Waals surface area contributed by atoms with Crippen molar-refractivity contribution >= 4 is 34.2 Å². The third-order valence-corrected chi connectivity index (χ3v) is 4.63. The van der Waals surface area contributed by atoms with Crippen molar-refractivity contribution in [2.75, 3.05) is 0 Å². The Bertz CT molecular complexity index is 641. The first-order valence-corrected chi connectivity index (χ1v) is 7.99. The molecule has 0 aliphatic carbocycles. The third kappa shape index (κ3) is 3.47. The first-order valence-electron chi connectivity index (χ1n) is 6.54. The number of nitrogens with zero attached hydrogens (tertiary/aromatic N) is 3. The fourth-order valence-electron chi connectivity index (χ4n) is 2.04. The zero-order valence-electron chi connectivity index (χ0n) is 12.0. The normalized spacial score (nSPS) is 11.2. The van der Waals surface area contributed by atoms with E-state index in [1.54, 1.807) is 0 Å². The molecule has 2 heterocycles. The highest BCUT2D eigenvalue weighted by Gasteiger charge is 2.15. The van der Waals surface area contributed by atoms with Crippen LogP contribution in [0.2, 0.25) is 5.15 Å². The number of rotatable bonds is 3. The molecule has 106 valence electrons. The van der Waals surface area contributed by atoms with Crippen LogP contribution in [0.15, 0.2) is 12.3 Å². The van der Waals surface area contributed by atoms with Crippen molar-refractivity contribution < 1.29 is 0 Å². The first kappa shape index (κ1) is 15.6. The Kier molecular flexibility index (Phi) is 4.96. The van der Waals surface area contributed by atoms with Gasteiger partial charge in [-0.05, 0) is 59.9 Å². The number of aryl methyl sites for hydroxylation is 2. The standard InChI is InChI=1S/C15H17ClIN3/c1-8(2)5-11-12(17)14(16)20-15(19-11)13-10(4)6-9(3)7-18-13/h6-8H,5H2,1-4H3. The van der Waals surface area contributed by atoms with Gasteiger partial charge in [0.15, 0.2) is 5.82 Å². The lowest BCUT2D eigenvalue weighted by Crippen LogP contribution is -2.05. The van der Waals surface area contributed by atoms with Gasteiger partial charge in [0, 0.05) is 6.20 Å². The predicted octanol–water partition coefficient (Wildman–Crippen LogP) is 4.61. The van der Waals surface area contributed by atoms with Crippen LogP contribution >= 0.6 is 34.2 Å². The molecule has 0 fully saturated rings. The lowest BCUT2D eigenvalue weighted by molar-refractivity contribution is 0.632. The molecule has 0 aliphatic heterocycles. The third-order valence-electron chi connectivity index (χ3n) is 2.91. The zero-order chi connectivity index (χ0) is 14.9. The fraction of sp³-hybridized carbons (Fsp3) is 0.400. The highest BCUT2D eigenvalue weighted by Crippen LogP contribution is 2.26. The summed E-state index contributed by atoms with van der Waals surface area (Å²) in [4.78, 5) is 13.5. The molecule has 0 saturated carbocycles. The van der Waals surface area contributed by atoms with Crippen LogP contribution in [0.4, 0.5) is 0 Å². The number of hydrogen-bond acceptors (Lipinski definition) is 3. The summed E-state index contributed by atoms with van der Waals surface area (Å²) in [5.74, 6) is 1.14. The Morgan fingerprint density at radius 1 is 1.25 bits per heavy atom. The van der Waals surface area contributed by atoms with E-state index in [9.17, 15) is 0 Å². The molecule has 2 aromatic rings. The van der Waals surface area contributed by atoms with Crippen LogP contribution in [-0.4, -0.2) is 15.0 Å². The van der Waals surface area contributed by atoms with Crippen molar-refractivity contribution in [3.8, 4) is 11.5 Å². The van der Waals surface area contributed by atoms with Crippen LogP contribution in [0.3, 0.4) is 0 Å². The molecule has 2 aromatic heterocycles. The maximum Gasteiger partial charge on any atom is 0.180 e. The number of pyridine rings is 1. The summed E-state index contributed by atoms with van der Waals surface area (Å²) >= 11 is 8.46. The number of halogens is 2. The highest BCUT2D eigenvalue weighted by molar-refractivity contribution is 14.1. The molecular formula is C15H17ClIN3. The van der Waals surface area contributed by atoms with Gasteiger partial charge in [0.25, 0.3) is 0 Å². The highest BCUT2D eigenvalue weighted by atomic mass is 127. The minimum atomic E-state index is 0.507. The molecule has 20 heavy (non-hydrogen) atoms. The molecule has 0 spiro atoms. The summed E-state index contributed by atoms with van der Waals surface area (Å²) in [6.07, 6.45) is 2.72. The van der Waals surface area contributed by atoms with E-state index in [2.05, 4.69) is 57.5 Å². The van der Waals surface area contributed by atoms with Crippen molar-refractivity contribution in [3.05, 3.63) is 37.8 Å². The van der Waals surface area contributed by atoms with Crippen LogP contribution < -0.4 is 0 Å². The van der Waals surface area contributed by atoms with Crippen molar-refractivity contribution in [2.24, 2.45) is 5.92 Å². The van der Waals surface area contributed by atoms with E-state index < -0.39 is 0 Å². The monoisotopic (exact) mass is 401 g/mol. The average Bonchev–Trinajstić information content (AvgIpc) is 2.34. The van der Waals surface area contributed by atoms with Crippen LogP contribution in [-0.2, 0) is 6.42 Å². The van der Waals surface area contributed by atoms with Gasteiger partial charge in [0.05, 0.1) is 9.26 Å². The van der Waals surface area contributed by atoms with Gasteiger partial charge < -0.3 is 0 Å². The van der Waals surface area contributed by atoms with E-state index in [1.807, 2.05) is 20.0 Å². The van der Waals surface area contributed by atoms with E-state index in [4.69, 9.17) is 11.6 Å². The molecule has 0 bridgehead atoms. The maximum atomic E-state index is 6.25. The molecule has 0 aromatic carbocycles. The molecule has 0 saturated heterocycles. The summed E-state index contributed by atoms with van der Waals surface area (Å²) in [6.45, 7) is 8.38. The average molecular weight is 402 g/mol. The Morgan fingerprint density at radius 3 is 2.55 bits per heavy atom. The van der Waals surface area contributed by atoms with Crippen molar-refractivity contribution in [1.82, 2.24) is 15.0 Å². The summed E-state index contributed by atoms with van der Waals surface area (Å²) in [5, 5.41) is 0.507. The Labute approximate surface area is 138 Å². The van der Waals surface area contributed by atoms with Gasteiger partial charge in [-0.25, -0.2) is 9.97 Å². The van der Waals surface area contributed by atoms with Gasteiger partial charge in [-0.3, -0.25) is 4.98 Å². The second kappa shape index (κ2) is 6.35. The van der Waals surface area contributed by atoms with Crippen molar-refractivity contribution in [1.29, 1.82) is 0 Å². The Morgan fingerprint density at radius 2 is 1.95 bits per heavy atom. The van der Waals surface area contributed by atoms with E-state index in [0.717, 1.165) is 32.5 Å². The van der Waals surface area contributed by atoms with Gasteiger partial charge in [0.1, 0.15) is 10.8 Å². The van der Waals surface area contributed by atoms with Gasteiger partial charge in [-0.1, -0.05) is 31.5 Å². The number of hydrogen-bond donors (Lipinski definition) is 0. The molecule has 0 unspecified atom stereocenters. The summed E-state index contributed by atoms with van der Waals surface area (Å²) in [6, 6.07) is 2.08. The lowest BCUT2D eigenvalue weighted by atomic mass is 10.1.